The minimum Gasteiger partial charge on any atom is -0.364 e. The summed E-state index contributed by atoms with van der Waals surface area (Å²) >= 11 is 0. The van der Waals surface area contributed by atoms with Crippen LogP contribution in [0.2, 0.25) is 0 Å². The van der Waals surface area contributed by atoms with Crippen LogP contribution in [0.4, 0.5) is 15.9 Å². The number of halogens is 1. The molecule has 3 aromatic rings. The Balaban J connectivity index is 1.50. The Hall–Kier alpha value is -3.01. The Labute approximate surface area is 180 Å². The predicted octanol–water partition coefficient (Wildman–Crippen LogP) is 5.82. The third-order valence-electron chi connectivity index (χ3n) is 7.79. The van der Waals surface area contributed by atoms with E-state index < -0.39 is 0 Å². The highest BCUT2D eigenvalue weighted by Gasteiger charge is 2.42. The summed E-state index contributed by atoms with van der Waals surface area (Å²) in [5.74, 6) is 1.86. The fourth-order valence-electron chi connectivity index (χ4n) is 5.93. The molecule has 0 radical (unpaired) electrons. The van der Waals surface area contributed by atoms with Crippen LogP contribution in [0.15, 0.2) is 18.7 Å². The van der Waals surface area contributed by atoms with Crippen molar-refractivity contribution in [2.45, 2.75) is 57.4 Å². The topological polar surface area (TPSA) is 70.8 Å². The van der Waals surface area contributed by atoms with Crippen LogP contribution in [0, 0.1) is 30.1 Å². The lowest BCUT2D eigenvalue weighted by Gasteiger charge is -2.47. The van der Waals surface area contributed by atoms with Gasteiger partial charge in [0.25, 0.3) is 0 Å². The first-order chi connectivity index (χ1) is 15.2. The monoisotopic (exact) mass is 416 g/mol. The summed E-state index contributed by atoms with van der Waals surface area (Å²) in [6, 6.07) is 0.236. The van der Waals surface area contributed by atoms with Gasteiger partial charge in [-0.2, -0.15) is 0 Å². The smallest absolute Gasteiger partial charge is 0.219 e. The lowest BCUT2D eigenvalue weighted by Crippen LogP contribution is -2.47. The minimum atomic E-state index is -0.331. The molecule has 6 nitrogen and oxygen atoms in total. The van der Waals surface area contributed by atoms with Gasteiger partial charge in [-0.15, -0.1) is 0 Å². The second-order valence-electron chi connectivity index (χ2n) is 9.46. The second kappa shape index (κ2) is 7.01. The number of H-pyrrole nitrogens is 1. The summed E-state index contributed by atoms with van der Waals surface area (Å²) in [5.41, 5.74) is 2.82. The number of rotatable bonds is 4. The highest BCUT2D eigenvalue weighted by atomic mass is 19.1. The van der Waals surface area contributed by atoms with Crippen molar-refractivity contribution in [1.82, 2.24) is 19.9 Å². The van der Waals surface area contributed by atoms with Crippen LogP contribution in [0.5, 0.6) is 0 Å². The van der Waals surface area contributed by atoms with Crippen molar-refractivity contribution < 1.29 is 4.39 Å². The molecule has 4 aliphatic rings. The van der Waals surface area contributed by atoms with E-state index in [1.54, 1.807) is 12.4 Å². The van der Waals surface area contributed by atoms with Crippen molar-refractivity contribution >= 4 is 22.5 Å². The normalized spacial score (nSPS) is 27.4. The first-order valence-corrected chi connectivity index (χ1v) is 11.3. The van der Waals surface area contributed by atoms with Gasteiger partial charge < -0.3 is 10.3 Å². The highest BCUT2D eigenvalue weighted by molar-refractivity contribution is 5.96. The quantitative estimate of drug-likeness (QED) is 0.526. The fraction of sp³-hybridized carbons (Fsp3) is 0.500. The van der Waals surface area contributed by atoms with Gasteiger partial charge in [0.05, 0.1) is 12.3 Å². The van der Waals surface area contributed by atoms with Gasteiger partial charge in [-0.25, -0.2) is 24.2 Å². The van der Waals surface area contributed by atoms with E-state index in [2.05, 4.69) is 32.0 Å². The Morgan fingerprint density at radius 2 is 1.94 bits per heavy atom. The number of hydrogen-bond acceptors (Lipinski definition) is 4. The van der Waals surface area contributed by atoms with Crippen LogP contribution in [-0.4, -0.2) is 26.0 Å². The minimum absolute atomic E-state index is 0.105. The van der Waals surface area contributed by atoms with Crippen molar-refractivity contribution in [2.24, 2.45) is 17.8 Å². The Kier molecular flexibility index (Phi) is 4.24. The average Bonchev–Trinajstić information content (AvgIpc) is 3.55. The van der Waals surface area contributed by atoms with Crippen LogP contribution in [0.25, 0.3) is 27.1 Å². The number of fused-ring (bicyclic) bond motifs is 4. The number of hydrogen-bond donors (Lipinski definition) is 2. The van der Waals surface area contributed by atoms with Crippen LogP contribution >= 0.6 is 0 Å². The van der Waals surface area contributed by atoms with Crippen LogP contribution in [-0.2, 0) is 0 Å². The van der Waals surface area contributed by atoms with Gasteiger partial charge in [0.1, 0.15) is 12.0 Å². The molecule has 2 bridgehead atoms. The number of aromatic amines is 1. The van der Waals surface area contributed by atoms with Crippen LogP contribution < -0.4 is 5.32 Å². The Bertz CT molecular complexity index is 1200. The molecule has 7 rings (SSSR count). The summed E-state index contributed by atoms with van der Waals surface area (Å²) in [5, 5.41) is 4.32. The lowest BCUT2D eigenvalue weighted by atomic mass is 9.62. The van der Waals surface area contributed by atoms with Crippen molar-refractivity contribution in [3.63, 3.8) is 0 Å². The van der Waals surface area contributed by atoms with Gasteiger partial charge in [-0.3, -0.25) is 0 Å². The maximum Gasteiger partial charge on any atom is 0.219 e. The third kappa shape index (κ3) is 2.92. The molecule has 0 spiro atoms. The zero-order valence-electron chi connectivity index (χ0n) is 17.5. The van der Waals surface area contributed by atoms with E-state index in [0.717, 1.165) is 23.8 Å². The molecule has 3 heterocycles. The number of anilines is 1. The van der Waals surface area contributed by atoms with Gasteiger partial charge in [-0.1, -0.05) is 6.92 Å². The average molecular weight is 417 g/mol. The Morgan fingerprint density at radius 1 is 1.16 bits per heavy atom. The Morgan fingerprint density at radius 3 is 2.65 bits per heavy atom. The van der Waals surface area contributed by atoms with Gasteiger partial charge >= 0.3 is 0 Å². The van der Waals surface area contributed by atoms with Crippen molar-refractivity contribution in [3.05, 3.63) is 41.5 Å². The first kappa shape index (κ1) is 18.7. The molecule has 0 aromatic carbocycles. The molecule has 2 atom stereocenters. The molecule has 0 saturated heterocycles. The van der Waals surface area contributed by atoms with E-state index in [1.165, 1.54) is 32.0 Å². The molecule has 2 N–H and O–H groups in total. The van der Waals surface area contributed by atoms with E-state index in [-0.39, 0.29) is 17.8 Å². The molecule has 0 unspecified atom stereocenters. The standard InChI is InChI=1S/C24H25FN6/c1-12-13-3-7-15(8-4-13)20(12)30-24-19(25)18(14-5-6-14)22(26-2)21(31-24)16-10-28-23-17(16)9-27-11-29-23/h9-15,20H,3-8H2,1H3,(H,30,31)(H,27,28,29)/t12-,13?,15?,20+/m1/s1. The fourth-order valence-corrected chi connectivity index (χ4v) is 5.93. The highest BCUT2D eigenvalue weighted by Crippen LogP contribution is 2.51. The van der Waals surface area contributed by atoms with Crippen molar-refractivity contribution in [1.29, 1.82) is 0 Å². The maximum absolute atomic E-state index is 15.8. The predicted molar refractivity (Wildman–Crippen MR) is 117 cm³/mol. The number of pyridine rings is 1. The molecule has 4 aliphatic carbocycles. The molecular weight excluding hydrogens is 391 g/mol. The van der Waals surface area contributed by atoms with E-state index >= 15 is 4.39 Å². The molecule has 3 aromatic heterocycles. The molecule has 4 fully saturated rings. The second-order valence-corrected chi connectivity index (χ2v) is 9.46. The summed E-state index contributed by atoms with van der Waals surface area (Å²) in [4.78, 5) is 20.0. The third-order valence-corrected chi connectivity index (χ3v) is 7.79. The molecule has 4 saturated carbocycles. The maximum atomic E-state index is 15.8. The zero-order chi connectivity index (χ0) is 21.1. The SMILES string of the molecule is [C-]#[N+]c1c(-c2c[nH]c3ncncc23)nc(N[C@@H]2C3CCC(CC3)[C@H]2C)c(F)c1C1CC1. The molecule has 7 heteroatoms. The van der Waals surface area contributed by atoms with E-state index in [9.17, 15) is 0 Å². The van der Waals surface area contributed by atoms with Gasteiger partial charge in [-0.05, 0) is 62.2 Å². The molecule has 0 aliphatic heterocycles. The molecule has 0 amide bonds. The zero-order valence-corrected chi connectivity index (χ0v) is 17.5. The van der Waals surface area contributed by atoms with E-state index in [4.69, 9.17) is 11.6 Å². The number of nitrogens with one attached hydrogen (secondary N) is 2. The van der Waals surface area contributed by atoms with E-state index in [0.29, 0.717) is 46.2 Å². The summed E-state index contributed by atoms with van der Waals surface area (Å²) in [6.45, 7) is 10.1. The van der Waals surface area contributed by atoms with Crippen LogP contribution in [0.3, 0.4) is 0 Å². The van der Waals surface area contributed by atoms with E-state index in [1.807, 2.05) is 0 Å². The van der Waals surface area contributed by atoms with Crippen molar-refractivity contribution in [3.8, 4) is 11.3 Å². The molecule has 158 valence electrons. The first-order valence-electron chi connectivity index (χ1n) is 11.3. The summed E-state index contributed by atoms with van der Waals surface area (Å²) < 4.78 is 15.8. The van der Waals surface area contributed by atoms with Crippen molar-refractivity contribution in [2.75, 3.05) is 5.32 Å². The summed E-state index contributed by atoms with van der Waals surface area (Å²) in [6.07, 6.45) is 11.8. The number of aromatic nitrogens is 4. The summed E-state index contributed by atoms with van der Waals surface area (Å²) in [7, 11) is 0. The molecule has 31 heavy (non-hydrogen) atoms. The molecular formula is C24H25FN6. The lowest BCUT2D eigenvalue weighted by molar-refractivity contribution is 0.0926. The largest absolute Gasteiger partial charge is 0.364 e. The number of nitrogens with zero attached hydrogens (tertiary/aromatic N) is 4. The van der Waals surface area contributed by atoms with Gasteiger partial charge in [0, 0.05) is 34.9 Å². The van der Waals surface area contributed by atoms with Gasteiger partial charge in [0.2, 0.25) is 5.69 Å². The van der Waals surface area contributed by atoms with Crippen LogP contribution in [0.1, 0.15) is 56.9 Å². The van der Waals surface area contributed by atoms with Gasteiger partial charge in [0.15, 0.2) is 11.6 Å².